The van der Waals surface area contributed by atoms with E-state index in [1.54, 1.807) is 23.3 Å². The third-order valence-corrected chi connectivity index (χ3v) is 3.97. The molecule has 0 aliphatic rings. The molecule has 4 aromatic rings. The first-order valence-electron chi connectivity index (χ1n) is 7.80. The molecule has 0 atom stereocenters. The zero-order valence-corrected chi connectivity index (χ0v) is 13.4. The second kappa shape index (κ2) is 6.12. The highest BCUT2D eigenvalue weighted by Crippen LogP contribution is 2.18. The molecule has 118 valence electrons. The predicted octanol–water partition coefficient (Wildman–Crippen LogP) is 3.45. The van der Waals surface area contributed by atoms with Crippen LogP contribution in [0.15, 0.2) is 73.3 Å². The topological polar surface area (TPSA) is 46.8 Å². The van der Waals surface area contributed by atoms with Crippen LogP contribution in [0, 0.1) is 0 Å². The minimum atomic E-state index is 0.711. The van der Waals surface area contributed by atoms with Crippen molar-refractivity contribution < 1.29 is 0 Å². The van der Waals surface area contributed by atoms with E-state index in [4.69, 9.17) is 0 Å². The average Bonchev–Trinajstić information content (AvgIpc) is 3.16. The van der Waals surface area contributed by atoms with Gasteiger partial charge in [-0.1, -0.05) is 36.4 Å². The van der Waals surface area contributed by atoms with Gasteiger partial charge < -0.3 is 4.90 Å². The molecule has 0 saturated heterocycles. The Bertz CT molecular complexity index is 962. The van der Waals surface area contributed by atoms with Crippen molar-refractivity contribution >= 4 is 16.6 Å². The summed E-state index contributed by atoms with van der Waals surface area (Å²) in [5.74, 6) is 1.53. The van der Waals surface area contributed by atoms with Crippen LogP contribution in [0.4, 0.5) is 5.82 Å². The molecule has 24 heavy (non-hydrogen) atoms. The van der Waals surface area contributed by atoms with Gasteiger partial charge >= 0.3 is 0 Å². The van der Waals surface area contributed by atoms with Gasteiger partial charge in [0, 0.05) is 26.0 Å². The van der Waals surface area contributed by atoms with Crippen LogP contribution in [0.1, 0.15) is 5.56 Å². The predicted molar refractivity (Wildman–Crippen MR) is 95.2 cm³/mol. The number of benzene rings is 2. The van der Waals surface area contributed by atoms with Crippen molar-refractivity contribution in [1.82, 2.24) is 19.7 Å². The van der Waals surface area contributed by atoms with E-state index < -0.39 is 0 Å². The standard InChI is InChI=1S/C19H17N5/c1-23(14-15-7-8-16-5-2-3-6-17(16)11-15)18-12-20-13-19(22-18)24-10-4-9-21-24/h2-13H,14H2,1H3. The van der Waals surface area contributed by atoms with Crippen molar-refractivity contribution in [1.29, 1.82) is 0 Å². The third kappa shape index (κ3) is 2.84. The van der Waals surface area contributed by atoms with Crippen molar-refractivity contribution in [2.45, 2.75) is 6.54 Å². The molecule has 2 heterocycles. The molecule has 0 spiro atoms. The molecule has 4 rings (SSSR count). The van der Waals surface area contributed by atoms with Gasteiger partial charge in [-0.25, -0.2) is 9.67 Å². The number of aromatic nitrogens is 4. The monoisotopic (exact) mass is 315 g/mol. The first-order chi connectivity index (χ1) is 11.8. The van der Waals surface area contributed by atoms with Crippen LogP contribution in [-0.2, 0) is 6.54 Å². The van der Waals surface area contributed by atoms with Gasteiger partial charge in [0.05, 0.1) is 12.4 Å². The van der Waals surface area contributed by atoms with E-state index >= 15 is 0 Å². The molecule has 2 aromatic heterocycles. The Kier molecular flexibility index (Phi) is 3.67. The van der Waals surface area contributed by atoms with Crippen molar-refractivity contribution in [3.63, 3.8) is 0 Å². The molecule has 0 aliphatic heterocycles. The molecule has 5 heteroatoms. The third-order valence-electron chi connectivity index (χ3n) is 3.97. The summed E-state index contributed by atoms with van der Waals surface area (Å²) in [6.45, 7) is 0.766. The summed E-state index contributed by atoms with van der Waals surface area (Å²) in [6.07, 6.45) is 7.07. The van der Waals surface area contributed by atoms with Gasteiger partial charge in [-0.2, -0.15) is 5.10 Å². The van der Waals surface area contributed by atoms with Crippen molar-refractivity contribution in [2.75, 3.05) is 11.9 Å². The number of nitrogens with zero attached hydrogens (tertiary/aromatic N) is 5. The average molecular weight is 315 g/mol. The van der Waals surface area contributed by atoms with E-state index in [0.717, 1.165) is 12.4 Å². The Balaban J connectivity index is 1.59. The lowest BCUT2D eigenvalue weighted by atomic mass is 10.1. The normalized spacial score (nSPS) is 10.9. The summed E-state index contributed by atoms with van der Waals surface area (Å²) < 4.78 is 1.71. The largest absolute Gasteiger partial charge is 0.354 e. The van der Waals surface area contributed by atoms with Crippen LogP contribution in [0.5, 0.6) is 0 Å². The number of hydrogen-bond donors (Lipinski definition) is 0. The molecule has 0 amide bonds. The highest BCUT2D eigenvalue weighted by Gasteiger charge is 2.07. The zero-order valence-electron chi connectivity index (χ0n) is 13.4. The van der Waals surface area contributed by atoms with Crippen LogP contribution in [0.25, 0.3) is 16.6 Å². The molecular weight excluding hydrogens is 298 g/mol. The van der Waals surface area contributed by atoms with Gasteiger partial charge in [-0.15, -0.1) is 0 Å². The molecular formula is C19H17N5. The molecule has 0 aliphatic carbocycles. The van der Waals surface area contributed by atoms with Crippen molar-refractivity contribution in [2.24, 2.45) is 0 Å². The van der Waals surface area contributed by atoms with Gasteiger partial charge in [0.25, 0.3) is 0 Å². The lowest BCUT2D eigenvalue weighted by molar-refractivity contribution is 0.818. The number of rotatable bonds is 4. The maximum atomic E-state index is 4.64. The second-order valence-corrected chi connectivity index (χ2v) is 5.72. The highest BCUT2D eigenvalue weighted by molar-refractivity contribution is 5.83. The number of anilines is 1. The van der Waals surface area contributed by atoms with E-state index in [9.17, 15) is 0 Å². The van der Waals surface area contributed by atoms with Crippen LogP contribution in [0.3, 0.4) is 0 Å². The molecule has 0 bridgehead atoms. The maximum Gasteiger partial charge on any atom is 0.173 e. The fraction of sp³-hybridized carbons (Fsp3) is 0.105. The first kappa shape index (κ1) is 14.4. The molecule has 0 fully saturated rings. The summed E-state index contributed by atoms with van der Waals surface area (Å²) >= 11 is 0. The fourth-order valence-corrected chi connectivity index (χ4v) is 2.74. The van der Waals surface area contributed by atoms with Crippen molar-refractivity contribution in [3.05, 3.63) is 78.9 Å². The van der Waals surface area contributed by atoms with E-state index in [2.05, 4.69) is 62.4 Å². The number of hydrogen-bond acceptors (Lipinski definition) is 4. The van der Waals surface area contributed by atoms with Gasteiger partial charge in [-0.05, 0) is 28.5 Å². The zero-order chi connectivity index (χ0) is 16.4. The molecule has 0 radical (unpaired) electrons. The first-order valence-corrected chi connectivity index (χ1v) is 7.80. The highest BCUT2D eigenvalue weighted by atomic mass is 15.3. The number of fused-ring (bicyclic) bond motifs is 1. The molecule has 0 unspecified atom stereocenters. The van der Waals surface area contributed by atoms with Crippen LogP contribution >= 0.6 is 0 Å². The summed E-state index contributed by atoms with van der Waals surface area (Å²) in [7, 11) is 2.02. The minimum Gasteiger partial charge on any atom is -0.354 e. The van der Waals surface area contributed by atoms with Crippen LogP contribution in [0.2, 0.25) is 0 Å². The summed E-state index contributed by atoms with van der Waals surface area (Å²) in [4.78, 5) is 11.0. The van der Waals surface area contributed by atoms with Gasteiger partial charge in [0.1, 0.15) is 5.82 Å². The minimum absolute atomic E-state index is 0.711. The summed E-state index contributed by atoms with van der Waals surface area (Å²) in [5, 5.41) is 6.70. The van der Waals surface area contributed by atoms with Crippen LogP contribution in [-0.4, -0.2) is 26.8 Å². The second-order valence-electron chi connectivity index (χ2n) is 5.72. The fourth-order valence-electron chi connectivity index (χ4n) is 2.74. The Morgan fingerprint density at radius 2 is 1.88 bits per heavy atom. The molecule has 0 saturated carbocycles. The van der Waals surface area contributed by atoms with Gasteiger partial charge in [0.2, 0.25) is 0 Å². The summed E-state index contributed by atoms with van der Waals surface area (Å²) in [6, 6.07) is 16.8. The summed E-state index contributed by atoms with van der Waals surface area (Å²) in [5.41, 5.74) is 1.24. The Morgan fingerprint density at radius 1 is 1.00 bits per heavy atom. The molecule has 5 nitrogen and oxygen atoms in total. The van der Waals surface area contributed by atoms with E-state index in [1.165, 1.54) is 16.3 Å². The maximum absolute atomic E-state index is 4.64. The van der Waals surface area contributed by atoms with Crippen molar-refractivity contribution in [3.8, 4) is 5.82 Å². The van der Waals surface area contributed by atoms with E-state index in [1.807, 2.05) is 19.3 Å². The molecule has 2 aromatic carbocycles. The smallest absolute Gasteiger partial charge is 0.173 e. The van der Waals surface area contributed by atoms with Gasteiger partial charge in [-0.3, -0.25) is 4.98 Å². The Labute approximate surface area is 140 Å². The van der Waals surface area contributed by atoms with Gasteiger partial charge in [0.15, 0.2) is 5.82 Å². The Hall–Kier alpha value is -3.21. The molecule has 0 N–H and O–H groups in total. The van der Waals surface area contributed by atoms with Crippen LogP contribution < -0.4 is 4.90 Å². The lowest BCUT2D eigenvalue weighted by Crippen LogP contribution is -2.18. The van der Waals surface area contributed by atoms with E-state index in [0.29, 0.717) is 5.82 Å². The lowest BCUT2D eigenvalue weighted by Gasteiger charge is -2.18. The van der Waals surface area contributed by atoms with E-state index in [-0.39, 0.29) is 0 Å². The SMILES string of the molecule is CN(Cc1ccc2ccccc2c1)c1cncc(-n2cccn2)n1. The quantitative estimate of drug-likeness (QED) is 0.579. The Morgan fingerprint density at radius 3 is 2.71 bits per heavy atom.